The summed E-state index contributed by atoms with van der Waals surface area (Å²) >= 11 is 0. The zero-order chi connectivity index (χ0) is 14.1. The molecule has 1 aliphatic carbocycles. The van der Waals surface area contributed by atoms with Gasteiger partial charge in [0.2, 0.25) is 0 Å². The van der Waals surface area contributed by atoms with Crippen LogP contribution in [-0.2, 0) is 6.42 Å². The summed E-state index contributed by atoms with van der Waals surface area (Å²) in [7, 11) is 0. The minimum Gasteiger partial charge on any atom is -0.327 e. The Kier molecular flexibility index (Phi) is 4.13. The molecule has 2 aliphatic rings. The fourth-order valence-electron chi connectivity index (χ4n) is 3.95. The number of rotatable bonds is 3. The number of likely N-dealkylation sites (tertiary alicyclic amines) is 1. The van der Waals surface area contributed by atoms with Crippen LogP contribution in [0.5, 0.6) is 0 Å². The molecule has 2 N–H and O–H groups in total. The molecule has 3 rings (SSSR count). The highest BCUT2D eigenvalue weighted by Gasteiger charge is 2.35. The molecule has 2 fully saturated rings. The lowest BCUT2D eigenvalue weighted by Gasteiger charge is -2.47. The molecule has 0 amide bonds. The van der Waals surface area contributed by atoms with Gasteiger partial charge in [-0.1, -0.05) is 36.8 Å². The summed E-state index contributed by atoms with van der Waals surface area (Å²) in [5, 5.41) is 0. The summed E-state index contributed by atoms with van der Waals surface area (Å²) < 4.78 is 0. The SMILES string of the molecule is Cc1ccc(CC2CC(N)CN(C3CC(C)C3)C2)cc1. The van der Waals surface area contributed by atoms with E-state index in [2.05, 4.69) is 43.0 Å². The van der Waals surface area contributed by atoms with Gasteiger partial charge in [0.05, 0.1) is 0 Å². The van der Waals surface area contributed by atoms with Gasteiger partial charge in [-0.25, -0.2) is 0 Å². The lowest BCUT2D eigenvalue weighted by atomic mass is 9.78. The lowest BCUT2D eigenvalue weighted by molar-refractivity contribution is 0.0402. The van der Waals surface area contributed by atoms with Gasteiger partial charge >= 0.3 is 0 Å². The van der Waals surface area contributed by atoms with E-state index in [0.717, 1.165) is 24.4 Å². The summed E-state index contributed by atoms with van der Waals surface area (Å²) in [6.07, 6.45) is 5.13. The van der Waals surface area contributed by atoms with E-state index in [4.69, 9.17) is 5.73 Å². The minimum atomic E-state index is 0.370. The first-order valence-corrected chi connectivity index (χ1v) is 8.15. The van der Waals surface area contributed by atoms with Crippen LogP contribution >= 0.6 is 0 Å². The smallest absolute Gasteiger partial charge is 0.0171 e. The molecule has 1 saturated heterocycles. The number of benzene rings is 1. The fraction of sp³-hybridized carbons (Fsp3) is 0.667. The van der Waals surface area contributed by atoms with Crippen LogP contribution < -0.4 is 5.73 Å². The molecule has 1 saturated carbocycles. The molecule has 0 aromatic heterocycles. The Morgan fingerprint density at radius 1 is 1.10 bits per heavy atom. The maximum atomic E-state index is 6.30. The average molecular weight is 272 g/mol. The normalized spacial score (nSPS) is 34.8. The summed E-state index contributed by atoms with van der Waals surface area (Å²) in [6, 6.07) is 10.2. The minimum absolute atomic E-state index is 0.370. The quantitative estimate of drug-likeness (QED) is 0.916. The zero-order valence-corrected chi connectivity index (χ0v) is 12.9. The molecule has 0 bridgehead atoms. The van der Waals surface area contributed by atoms with Crippen molar-refractivity contribution in [3.8, 4) is 0 Å². The van der Waals surface area contributed by atoms with Crippen LogP contribution in [0, 0.1) is 18.8 Å². The van der Waals surface area contributed by atoms with Crippen molar-refractivity contribution in [3.63, 3.8) is 0 Å². The topological polar surface area (TPSA) is 29.3 Å². The second kappa shape index (κ2) is 5.87. The van der Waals surface area contributed by atoms with Crippen molar-refractivity contribution in [2.24, 2.45) is 17.6 Å². The van der Waals surface area contributed by atoms with E-state index in [0.29, 0.717) is 6.04 Å². The van der Waals surface area contributed by atoms with Crippen LogP contribution in [0.1, 0.15) is 37.3 Å². The fourth-order valence-corrected chi connectivity index (χ4v) is 3.95. The predicted octanol–water partition coefficient (Wildman–Crippen LogP) is 2.99. The third-order valence-corrected chi connectivity index (χ3v) is 5.11. The van der Waals surface area contributed by atoms with E-state index in [1.54, 1.807) is 0 Å². The van der Waals surface area contributed by atoms with Crippen LogP contribution in [0.4, 0.5) is 0 Å². The van der Waals surface area contributed by atoms with Crippen LogP contribution in [0.25, 0.3) is 0 Å². The lowest BCUT2D eigenvalue weighted by Crippen LogP contribution is -2.54. The molecule has 0 spiro atoms. The van der Waals surface area contributed by atoms with E-state index in [9.17, 15) is 0 Å². The summed E-state index contributed by atoms with van der Waals surface area (Å²) in [5.74, 6) is 1.66. The Morgan fingerprint density at radius 3 is 2.45 bits per heavy atom. The molecule has 0 radical (unpaired) electrons. The second-order valence-electron chi connectivity index (χ2n) is 7.24. The highest BCUT2D eigenvalue weighted by atomic mass is 15.2. The van der Waals surface area contributed by atoms with Gasteiger partial charge in [0.25, 0.3) is 0 Å². The summed E-state index contributed by atoms with van der Waals surface area (Å²) in [4.78, 5) is 2.67. The monoisotopic (exact) mass is 272 g/mol. The van der Waals surface area contributed by atoms with Gasteiger partial charge in [0, 0.05) is 25.2 Å². The van der Waals surface area contributed by atoms with Gasteiger partial charge in [-0.15, -0.1) is 0 Å². The van der Waals surface area contributed by atoms with Crippen molar-refractivity contribution < 1.29 is 0 Å². The Hall–Kier alpha value is -0.860. The van der Waals surface area contributed by atoms with Crippen molar-refractivity contribution in [3.05, 3.63) is 35.4 Å². The van der Waals surface area contributed by atoms with Crippen molar-refractivity contribution in [1.82, 2.24) is 4.90 Å². The van der Waals surface area contributed by atoms with Crippen molar-refractivity contribution in [2.75, 3.05) is 13.1 Å². The van der Waals surface area contributed by atoms with Crippen molar-refractivity contribution in [2.45, 2.75) is 51.6 Å². The number of hydrogen-bond acceptors (Lipinski definition) is 2. The van der Waals surface area contributed by atoms with Crippen molar-refractivity contribution in [1.29, 1.82) is 0 Å². The van der Waals surface area contributed by atoms with Gasteiger partial charge in [-0.3, -0.25) is 4.90 Å². The number of piperidine rings is 1. The largest absolute Gasteiger partial charge is 0.327 e. The first-order valence-electron chi connectivity index (χ1n) is 8.15. The van der Waals surface area contributed by atoms with Crippen LogP contribution in [-0.4, -0.2) is 30.1 Å². The highest BCUT2D eigenvalue weighted by molar-refractivity contribution is 5.21. The van der Waals surface area contributed by atoms with Crippen molar-refractivity contribution >= 4 is 0 Å². The Morgan fingerprint density at radius 2 is 1.80 bits per heavy atom. The molecule has 1 aromatic rings. The zero-order valence-electron chi connectivity index (χ0n) is 12.9. The van der Waals surface area contributed by atoms with Gasteiger partial charge in [0.15, 0.2) is 0 Å². The molecule has 1 heterocycles. The molecule has 1 aliphatic heterocycles. The van der Waals surface area contributed by atoms with E-state index < -0.39 is 0 Å². The molecule has 20 heavy (non-hydrogen) atoms. The van der Waals surface area contributed by atoms with Gasteiger partial charge in [-0.05, 0) is 50.0 Å². The van der Waals surface area contributed by atoms with Crippen LogP contribution in [0.15, 0.2) is 24.3 Å². The number of aryl methyl sites for hydroxylation is 1. The third kappa shape index (κ3) is 3.24. The first kappa shape index (κ1) is 14.1. The molecular weight excluding hydrogens is 244 g/mol. The van der Waals surface area contributed by atoms with Crippen LogP contribution in [0.3, 0.4) is 0 Å². The standard InChI is InChI=1S/C18H28N2/c1-13-3-5-15(6-4-13)9-16-10-17(19)12-20(11-16)18-7-14(2)8-18/h3-6,14,16-18H,7-12,19H2,1-2H3. The number of nitrogens with two attached hydrogens (primary N) is 1. The maximum absolute atomic E-state index is 6.30. The predicted molar refractivity (Wildman–Crippen MR) is 84.7 cm³/mol. The molecule has 110 valence electrons. The van der Waals surface area contributed by atoms with E-state index in [1.807, 2.05) is 0 Å². The van der Waals surface area contributed by atoms with Gasteiger partial charge in [-0.2, -0.15) is 0 Å². The average Bonchev–Trinajstić information content (AvgIpc) is 2.37. The Labute approximate surface area is 123 Å². The van der Waals surface area contributed by atoms with E-state index in [-0.39, 0.29) is 0 Å². The number of nitrogens with zero attached hydrogens (tertiary/aromatic N) is 1. The summed E-state index contributed by atoms with van der Waals surface area (Å²) in [6.45, 7) is 6.88. The Bertz CT molecular complexity index is 433. The highest BCUT2D eigenvalue weighted by Crippen LogP contribution is 2.34. The molecule has 1 aromatic carbocycles. The maximum Gasteiger partial charge on any atom is 0.0171 e. The molecule has 2 atom stereocenters. The molecule has 2 unspecified atom stereocenters. The molecule has 2 heteroatoms. The molecular formula is C18H28N2. The summed E-state index contributed by atoms with van der Waals surface area (Å²) in [5.41, 5.74) is 9.12. The van der Waals surface area contributed by atoms with E-state index >= 15 is 0 Å². The Balaban J connectivity index is 1.59. The van der Waals surface area contributed by atoms with Gasteiger partial charge in [0.1, 0.15) is 0 Å². The van der Waals surface area contributed by atoms with Crippen LogP contribution in [0.2, 0.25) is 0 Å². The van der Waals surface area contributed by atoms with E-state index in [1.165, 1.54) is 43.4 Å². The van der Waals surface area contributed by atoms with Gasteiger partial charge < -0.3 is 5.73 Å². The first-order chi connectivity index (χ1) is 9.60. The molecule has 2 nitrogen and oxygen atoms in total. The number of hydrogen-bond donors (Lipinski definition) is 1. The second-order valence-corrected chi connectivity index (χ2v) is 7.24. The third-order valence-electron chi connectivity index (χ3n) is 5.11.